The van der Waals surface area contributed by atoms with Crippen LogP contribution in [0, 0.1) is 18.3 Å². The molecule has 62 valence electrons. The molecule has 0 saturated heterocycles. The zero-order valence-corrected chi connectivity index (χ0v) is 7.73. The normalized spacial score (nSPS) is 9.50. The second kappa shape index (κ2) is 3.61. The van der Waals surface area contributed by atoms with Crippen molar-refractivity contribution in [3.63, 3.8) is 0 Å². The van der Waals surface area contributed by atoms with Crippen LogP contribution < -0.4 is 5.73 Å². The average molecular weight is 178 g/mol. The summed E-state index contributed by atoms with van der Waals surface area (Å²) in [5.41, 5.74) is 8.06. The van der Waals surface area contributed by atoms with E-state index < -0.39 is 0 Å². The molecule has 0 aliphatic heterocycles. The molecule has 2 nitrogen and oxygen atoms in total. The molecule has 0 saturated carbocycles. The summed E-state index contributed by atoms with van der Waals surface area (Å²) in [4.78, 5) is 0.715. The van der Waals surface area contributed by atoms with Crippen molar-refractivity contribution >= 4 is 12.6 Å². The Morgan fingerprint density at radius 1 is 1.58 bits per heavy atom. The number of nitrogens with two attached hydrogens (primary N) is 1. The standard InChI is InChI=1S/C9H10N2S/c1-6-7(4-10)2-3-9(12)8(6)5-11/h2-3,12H,4,10H2,1H3. The Balaban J connectivity index is 3.36. The van der Waals surface area contributed by atoms with Gasteiger partial charge >= 0.3 is 0 Å². The Labute approximate surface area is 77.4 Å². The molecule has 0 bridgehead atoms. The van der Waals surface area contributed by atoms with Crippen molar-refractivity contribution in [3.8, 4) is 6.07 Å². The zero-order chi connectivity index (χ0) is 9.14. The van der Waals surface area contributed by atoms with Crippen LogP contribution in [0.2, 0.25) is 0 Å². The minimum atomic E-state index is 0.467. The van der Waals surface area contributed by atoms with Gasteiger partial charge in [0.15, 0.2) is 0 Å². The number of hydrogen-bond donors (Lipinski definition) is 2. The van der Waals surface area contributed by atoms with Gasteiger partial charge in [0, 0.05) is 11.4 Å². The molecular weight excluding hydrogens is 168 g/mol. The van der Waals surface area contributed by atoms with Gasteiger partial charge in [-0.1, -0.05) is 6.07 Å². The Morgan fingerprint density at radius 3 is 2.75 bits per heavy atom. The van der Waals surface area contributed by atoms with Gasteiger partial charge in [-0.2, -0.15) is 5.26 Å². The highest BCUT2D eigenvalue weighted by molar-refractivity contribution is 7.80. The minimum absolute atomic E-state index is 0.467. The van der Waals surface area contributed by atoms with Crippen LogP contribution in [-0.2, 0) is 6.54 Å². The van der Waals surface area contributed by atoms with Crippen LogP contribution in [0.1, 0.15) is 16.7 Å². The highest BCUT2D eigenvalue weighted by atomic mass is 32.1. The average Bonchev–Trinajstić information content (AvgIpc) is 2.06. The van der Waals surface area contributed by atoms with E-state index in [1.54, 1.807) is 6.07 Å². The Hall–Kier alpha value is -0.980. The van der Waals surface area contributed by atoms with Gasteiger partial charge in [0.05, 0.1) is 5.56 Å². The molecule has 1 aromatic carbocycles. The highest BCUT2D eigenvalue weighted by Crippen LogP contribution is 2.20. The van der Waals surface area contributed by atoms with Crippen LogP contribution in [0.15, 0.2) is 17.0 Å². The summed E-state index contributed by atoms with van der Waals surface area (Å²) >= 11 is 4.17. The van der Waals surface area contributed by atoms with E-state index in [4.69, 9.17) is 11.0 Å². The van der Waals surface area contributed by atoms with Gasteiger partial charge in [0.25, 0.3) is 0 Å². The van der Waals surface area contributed by atoms with E-state index in [2.05, 4.69) is 18.7 Å². The van der Waals surface area contributed by atoms with Crippen LogP contribution in [0.25, 0.3) is 0 Å². The third-order valence-corrected chi connectivity index (χ3v) is 2.26. The molecule has 0 heterocycles. The number of thiol groups is 1. The molecule has 0 unspecified atom stereocenters. The molecule has 12 heavy (non-hydrogen) atoms. The van der Waals surface area contributed by atoms with Gasteiger partial charge in [-0.05, 0) is 24.1 Å². The molecular formula is C9H10N2S. The lowest BCUT2D eigenvalue weighted by atomic mass is 10.0. The summed E-state index contributed by atoms with van der Waals surface area (Å²) in [5.74, 6) is 0. The third-order valence-electron chi connectivity index (χ3n) is 1.89. The maximum atomic E-state index is 8.78. The molecule has 0 amide bonds. The smallest absolute Gasteiger partial charge is 0.101 e. The first kappa shape index (κ1) is 9.11. The number of nitrogens with zero attached hydrogens (tertiary/aromatic N) is 1. The molecule has 1 aromatic rings. The Kier molecular flexibility index (Phi) is 2.74. The zero-order valence-electron chi connectivity index (χ0n) is 6.83. The summed E-state index contributed by atoms with van der Waals surface area (Å²) in [5, 5.41) is 8.78. The molecule has 0 spiro atoms. The summed E-state index contributed by atoms with van der Waals surface area (Å²) in [6.07, 6.45) is 0. The van der Waals surface area contributed by atoms with Crippen molar-refractivity contribution in [3.05, 3.63) is 28.8 Å². The quantitative estimate of drug-likeness (QED) is 0.642. The van der Waals surface area contributed by atoms with Gasteiger partial charge < -0.3 is 5.73 Å². The van der Waals surface area contributed by atoms with E-state index in [1.165, 1.54) is 0 Å². The van der Waals surface area contributed by atoms with Gasteiger partial charge in [-0.15, -0.1) is 12.6 Å². The Bertz CT molecular complexity index is 339. The van der Waals surface area contributed by atoms with Crippen LogP contribution in [0.3, 0.4) is 0 Å². The van der Waals surface area contributed by atoms with Crippen molar-refractivity contribution in [2.24, 2.45) is 5.73 Å². The lowest BCUT2D eigenvalue weighted by Gasteiger charge is -2.05. The second-order valence-electron chi connectivity index (χ2n) is 2.56. The van der Waals surface area contributed by atoms with Gasteiger partial charge in [0.1, 0.15) is 6.07 Å². The van der Waals surface area contributed by atoms with E-state index in [9.17, 15) is 0 Å². The minimum Gasteiger partial charge on any atom is -0.326 e. The number of nitriles is 1. The topological polar surface area (TPSA) is 49.8 Å². The molecule has 0 atom stereocenters. The summed E-state index contributed by atoms with van der Waals surface area (Å²) in [7, 11) is 0. The first-order valence-corrected chi connectivity index (χ1v) is 4.07. The van der Waals surface area contributed by atoms with E-state index in [-0.39, 0.29) is 0 Å². The van der Waals surface area contributed by atoms with Crippen molar-refractivity contribution in [2.45, 2.75) is 18.4 Å². The summed E-state index contributed by atoms with van der Waals surface area (Å²) < 4.78 is 0. The number of hydrogen-bond acceptors (Lipinski definition) is 3. The fourth-order valence-electron chi connectivity index (χ4n) is 1.10. The van der Waals surface area contributed by atoms with E-state index >= 15 is 0 Å². The van der Waals surface area contributed by atoms with Crippen LogP contribution in [0.4, 0.5) is 0 Å². The van der Waals surface area contributed by atoms with Gasteiger partial charge in [0.2, 0.25) is 0 Å². The van der Waals surface area contributed by atoms with Crippen LogP contribution >= 0.6 is 12.6 Å². The molecule has 0 aliphatic rings. The maximum Gasteiger partial charge on any atom is 0.101 e. The molecule has 0 fully saturated rings. The summed E-state index contributed by atoms with van der Waals surface area (Å²) in [6.45, 7) is 2.36. The van der Waals surface area contributed by atoms with Crippen LogP contribution in [0.5, 0.6) is 0 Å². The fraction of sp³-hybridized carbons (Fsp3) is 0.222. The van der Waals surface area contributed by atoms with E-state index in [0.29, 0.717) is 17.0 Å². The predicted octanol–water partition coefficient (Wildman–Crippen LogP) is 1.61. The van der Waals surface area contributed by atoms with Gasteiger partial charge in [-0.25, -0.2) is 0 Å². The number of benzene rings is 1. The first-order chi connectivity index (χ1) is 5.70. The monoisotopic (exact) mass is 178 g/mol. The second-order valence-corrected chi connectivity index (χ2v) is 3.04. The van der Waals surface area contributed by atoms with Gasteiger partial charge in [-0.3, -0.25) is 0 Å². The largest absolute Gasteiger partial charge is 0.326 e. The van der Waals surface area contributed by atoms with Crippen molar-refractivity contribution in [1.29, 1.82) is 5.26 Å². The number of rotatable bonds is 1. The fourth-order valence-corrected chi connectivity index (χ4v) is 1.40. The molecule has 0 radical (unpaired) electrons. The van der Waals surface area contributed by atoms with Crippen molar-refractivity contribution < 1.29 is 0 Å². The molecule has 0 aliphatic carbocycles. The first-order valence-electron chi connectivity index (χ1n) is 3.62. The predicted molar refractivity (Wildman–Crippen MR) is 51.0 cm³/mol. The Morgan fingerprint density at radius 2 is 2.25 bits per heavy atom. The highest BCUT2D eigenvalue weighted by Gasteiger charge is 2.05. The van der Waals surface area contributed by atoms with Crippen LogP contribution in [-0.4, -0.2) is 0 Å². The van der Waals surface area contributed by atoms with E-state index in [1.807, 2.05) is 13.0 Å². The SMILES string of the molecule is Cc1c(CN)ccc(S)c1C#N. The summed E-state index contributed by atoms with van der Waals surface area (Å²) in [6, 6.07) is 5.81. The molecule has 0 aromatic heterocycles. The lowest BCUT2D eigenvalue weighted by molar-refractivity contribution is 1.04. The third kappa shape index (κ3) is 1.45. The van der Waals surface area contributed by atoms with E-state index in [0.717, 1.165) is 11.1 Å². The maximum absolute atomic E-state index is 8.78. The lowest BCUT2D eigenvalue weighted by Crippen LogP contribution is -2.00. The molecule has 2 N–H and O–H groups in total. The molecule has 3 heteroatoms. The van der Waals surface area contributed by atoms with Crippen molar-refractivity contribution in [1.82, 2.24) is 0 Å². The van der Waals surface area contributed by atoms with Crippen molar-refractivity contribution in [2.75, 3.05) is 0 Å². The molecule has 1 rings (SSSR count).